The summed E-state index contributed by atoms with van der Waals surface area (Å²) in [7, 11) is 0. The summed E-state index contributed by atoms with van der Waals surface area (Å²) in [6.45, 7) is 6.07. The van der Waals surface area contributed by atoms with Crippen LogP contribution in [0.4, 0.5) is 5.69 Å². The zero-order chi connectivity index (χ0) is 16.4. The minimum atomic E-state index is -0.109. The van der Waals surface area contributed by atoms with Gasteiger partial charge >= 0.3 is 0 Å². The molecule has 0 amide bonds. The highest BCUT2D eigenvalue weighted by atomic mass is 35.5. The summed E-state index contributed by atoms with van der Waals surface area (Å²) in [6.07, 6.45) is 4.38. The number of ether oxygens (including phenoxy) is 1. The fourth-order valence-electron chi connectivity index (χ4n) is 2.32. The Morgan fingerprint density at radius 1 is 1.30 bits per heavy atom. The van der Waals surface area contributed by atoms with Crippen LogP contribution in [0.25, 0.3) is 0 Å². The van der Waals surface area contributed by atoms with Crippen molar-refractivity contribution in [2.24, 2.45) is 4.99 Å². The van der Waals surface area contributed by atoms with E-state index in [1.54, 1.807) is 0 Å². The smallest absolute Gasteiger partial charge is 0.243 e. The van der Waals surface area contributed by atoms with E-state index in [0.717, 1.165) is 36.2 Å². The number of aromatic nitrogens is 2. The maximum atomic E-state index is 6.32. The van der Waals surface area contributed by atoms with Crippen LogP contribution in [-0.4, -0.2) is 21.3 Å². The fraction of sp³-hybridized carbons (Fsp3) is 0.389. The van der Waals surface area contributed by atoms with E-state index >= 15 is 0 Å². The van der Waals surface area contributed by atoms with E-state index in [-0.39, 0.29) is 5.60 Å². The molecule has 4 nitrogen and oxygen atoms in total. The van der Waals surface area contributed by atoms with Gasteiger partial charge in [-0.25, -0.2) is 9.98 Å². The second-order valence-corrected chi connectivity index (χ2v) is 6.46. The van der Waals surface area contributed by atoms with Crippen molar-refractivity contribution in [3.05, 3.63) is 46.9 Å². The first kappa shape index (κ1) is 15.9. The molecule has 1 fully saturated rings. The SMILES string of the molecule is CCC(=Nc1c(C)ncnc1OC1(C)CC1)c1ccccc1Cl. The monoisotopic (exact) mass is 329 g/mol. The van der Waals surface area contributed by atoms with Crippen LogP contribution in [0.1, 0.15) is 44.4 Å². The highest BCUT2D eigenvalue weighted by molar-refractivity contribution is 6.34. The van der Waals surface area contributed by atoms with Gasteiger partial charge in [0.15, 0.2) is 0 Å². The third kappa shape index (κ3) is 3.53. The molecule has 0 spiro atoms. The zero-order valence-electron chi connectivity index (χ0n) is 13.6. The highest BCUT2D eigenvalue weighted by Gasteiger charge is 2.41. The Kier molecular flexibility index (Phi) is 4.35. The van der Waals surface area contributed by atoms with Crippen molar-refractivity contribution in [2.45, 2.75) is 45.6 Å². The lowest BCUT2D eigenvalue weighted by Crippen LogP contribution is -2.14. The molecule has 1 aromatic carbocycles. The number of aliphatic imine (C=N–C) groups is 1. The van der Waals surface area contributed by atoms with Gasteiger partial charge in [0, 0.05) is 16.3 Å². The van der Waals surface area contributed by atoms with Gasteiger partial charge in [-0.1, -0.05) is 36.7 Å². The summed E-state index contributed by atoms with van der Waals surface area (Å²) in [6, 6.07) is 7.73. The van der Waals surface area contributed by atoms with E-state index in [9.17, 15) is 0 Å². The summed E-state index contributed by atoms with van der Waals surface area (Å²) in [5.74, 6) is 0.551. The number of benzene rings is 1. The molecule has 1 aromatic heterocycles. The van der Waals surface area contributed by atoms with Crippen molar-refractivity contribution in [1.29, 1.82) is 0 Å². The van der Waals surface area contributed by atoms with Crippen LogP contribution < -0.4 is 4.74 Å². The van der Waals surface area contributed by atoms with Gasteiger partial charge in [0.1, 0.15) is 17.6 Å². The molecule has 1 saturated carbocycles. The first-order valence-electron chi connectivity index (χ1n) is 7.85. The van der Waals surface area contributed by atoms with Crippen molar-refractivity contribution in [3.63, 3.8) is 0 Å². The number of nitrogens with zero attached hydrogens (tertiary/aromatic N) is 3. The van der Waals surface area contributed by atoms with Crippen molar-refractivity contribution < 1.29 is 4.74 Å². The molecule has 3 rings (SSSR count). The molecular formula is C18H20ClN3O. The standard InChI is InChI=1S/C18H20ClN3O/c1-4-15(13-7-5-6-8-14(13)19)22-16-12(2)20-11-21-17(16)23-18(3)9-10-18/h5-8,11H,4,9-10H2,1-3H3. The minimum Gasteiger partial charge on any atom is -0.470 e. The van der Waals surface area contributed by atoms with E-state index in [1.165, 1.54) is 6.33 Å². The van der Waals surface area contributed by atoms with Gasteiger partial charge in [-0.3, -0.25) is 0 Å². The number of rotatable bonds is 5. The van der Waals surface area contributed by atoms with Crippen molar-refractivity contribution in [3.8, 4) is 5.88 Å². The van der Waals surface area contributed by atoms with E-state index in [4.69, 9.17) is 21.3 Å². The quantitative estimate of drug-likeness (QED) is 0.733. The molecule has 0 unspecified atom stereocenters. The van der Waals surface area contributed by atoms with E-state index in [2.05, 4.69) is 23.8 Å². The Hall–Kier alpha value is -1.94. The van der Waals surface area contributed by atoms with Crippen LogP contribution in [-0.2, 0) is 0 Å². The molecular weight excluding hydrogens is 310 g/mol. The largest absolute Gasteiger partial charge is 0.470 e. The molecule has 0 aliphatic heterocycles. The second kappa shape index (κ2) is 6.28. The molecule has 1 aliphatic carbocycles. The maximum Gasteiger partial charge on any atom is 0.243 e. The van der Waals surface area contributed by atoms with Crippen LogP contribution in [0.3, 0.4) is 0 Å². The normalized spacial score (nSPS) is 16.3. The summed E-state index contributed by atoms with van der Waals surface area (Å²) in [4.78, 5) is 13.4. The number of hydrogen-bond donors (Lipinski definition) is 0. The Labute approximate surface area is 141 Å². The highest BCUT2D eigenvalue weighted by Crippen LogP contribution is 2.42. The molecule has 0 N–H and O–H groups in total. The summed E-state index contributed by atoms with van der Waals surface area (Å²) >= 11 is 6.32. The van der Waals surface area contributed by atoms with Gasteiger partial charge in [-0.2, -0.15) is 4.98 Å². The van der Waals surface area contributed by atoms with Crippen molar-refractivity contribution in [1.82, 2.24) is 9.97 Å². The fourth-order valence-corrected chi connectivity index (χ4v) is 2.56. The molecule has 0 bridgehead atoms. The predicted molar refractivity (Wildman–Crippen MR) is 93.0 cm³/mol. The lowest BCUT2D eigenvalue weighted by molar-refractivity contribution is 0.192. The van der Waals surface area contributed by atoms with Crippen LogP contribution in [0.2, 0.25) is 5.02 Å². The van der Waals surface area contributed by atoms with Crippen molar-refractivity contribution >= 4 is 23.0 Å². The van der Waals surface area contributed by atoms with Gasteiger partial charge in [0.25, 0.3) is 0 Å². The van der Waals surface area contributed by atoms with Gasteiger partial charge in [-0.15, -0.1) is 0 Å². The van der Waals surface area contributed by atoms with Gasteiger partial charge < -0.3 is 4.74 Å². The molecule has 0 saturated heterocycles. The predicted octanol–water partition coefficient (Wildman–Crippen LogP) is 4.90. The van der Waals surface area contributed by atoms with E-state index < -0.39 is 0 Å². The molecule has 1 heterocycles. The first-order valence-corrected chi connectivity index (χ1v) is 8.23. The Bertz CT molecular complexity index is 754. The number of aryl methyl sites for hydroxylation is 1. The maximum absolute atomic E-state index is 6.32. The molecule has 0 atom stereocenters. The van der Waals surface area contributed by atoms with Gasteiger partial charge in [-0.05, 0) is 39.2 Å². The third-order valence-electron chi connectivity index (χ3n) is 4.04. The molecule has 1 aliphatic rings. The van der Waals surface area contributed by atoms with Gasteiger partial charge in [0.2, 0.25) is 5.88 Å². The summed E-state index contributed by atoms with van der Waals surface area (Å²) in [5.41, 5.74) is 3.22. The third-order valence-corrected chi connectivity index (χ3v) is 4.36. The first-order chi connectivity index (χ1) is 11.0. The van der Waals surface area contributed by atoms with Gasteiger partial charge in [0.05, 0.1) is 5.69 Å². The topological polar surface area (TPSA) is 47.4 Å². The average Bonchev–Trinajstić information content (AvgIpc) is 3.25. The summed E-state index contributed by atoms with van der Waals surface area (Å²) < 4.78 is 6.05. The number of hydrogen-bond acceptors (Lipinski definition) is 4. The lowest BCUT2D eigenvalue weighted by Gasteiger charge is -2.15. The van der Waals surface area contributed by atoms with Crippen LogP contribution >= 0.6 is 11.6 Å². The number of halogens is 1. The Balaban J connectivity index is 2.04. The van der Waals surface area contributed by atoms with E-state index in [0.29, 0.717) is 16.6 Å². The van der Waals surface area contributed by atoms with Crippen LogP contribution in [0.5, 0.6) is 5.88 Å². The zero-order valence-corrected chi connectivity index (χ0v) is 14.4. The Morgan fingerprint density at radius 3 is 2.70 bits per heavy atom. The Morgan fingerprint density at radius 2 is 2.04 bits per heavy atom. The minimum absolute atomic E-state index is 0.109. The summed E-state index contributed by atoms with van der Waals surface area (Å²) in [5, 5.41) is 0.694. The molecule has 120 valence electrons. The molecule has 0 radical (unpaired) electrons. The average molecular weight is 330 g/mol. The molecule has 23 heavy (non-hydrogen) atoms. The second-order valence-electron chi connectivity index (χ2n) is 6.06. The van der Waals surface area contributed by atoms with Crippen molar-refractivity contribution in [2.75, 3.05) is 0 Å². The van der Waals surface area contributed by atoms with Crippen LogP contribution in [0.15, 0.2) is 35.6 Å². The molecule has 5 heteroatoms. The van der Waals surface area contributed by atoms with Crippen LogP contribution in [0, 0.1) is 6.92 Å². The lowest BCUT2D eigenvalue weighted by atomic mass is 10.1. The molecule has 2 aromatic rings. The van der Waals surface area contributed by atoms with E-state index in [1.807, 2.05) is 31.2 Å².